The molecule has 1 aliphatic rings. The Labute approximate surface area is 160 Å². The van der Waals surface area contributed by atoms with Crippen LogP contribution in [-0.4, -0.2) is 60.9 Å². The van der Waals surface area contributed by atoms with Gasteiger partial charge in [0.2, 0.25) is 0 Å². The molecule has 1 heterocycles. The monoisotopic (exact) mass is 373 g/mol. The summed E-state index contributed by atoms with van der Waals surface area (Å²) in [6.45, 7) is 9.69. The Morgan fingerprint density at radius 2 is 1.59 bits per heavy atom. The first kappa shape index (κ1) is 20.5. The van der Waals surface area contributed by atoms with Crippen LogP contribution in [-0.2, 0) is 9.59 Å². The van der Waals surface area contributed by atoms with Crippen molar-refractivity contribution in [2.45, 2.75) is 33.8 Å². The van der Waals surface area contributed by atoms with E-state index >= 15 is 0 Å². The molecule has 1 aromatic rings. The van der Waals surface area contributed by atoms with Gasteiger partial charge in [0, 0.05) is 44.5 Å². The maximum absolute atomic E-state index is 12.4. The number of hydrogen-bond donors (Lipinski definition) is 0. The minimum Gasteiger partial charge on any atom is -0.490 e. The number of urea groups is 1. The number of nitrogens with zero attached hydrogens (tertiary/aromatic N) is 3. The zero-order chi connectivity index (χ0) is 20.3. The average Bonchev–Trinajstić information content (AvgIpc) is 2.64. The first-order chi connectivity index (χ1) is 12.7. The van der Waals surface area contributed by atoms with Crippen molar-refractivity contribution in [1.82, 2.24) is 9.80 Å². The van der Waals surface area contributed by atoms with Gasteiger partial charge in [-0.05, 0) is 45.9 Å². The molecule has 0 unspecified atom stereocenters. The van der Waals surface area contributed by atoms with Crippen LogP contribution in [0.15, 0.2) is 23.8 Å². The molecule has 7 nitrogen and oxygen atoms in total. The number of carbonyl (C=O) groups is 3. The topological polar surface area (TPSA) is 70.2 Å². The number of likely N-dealkylation sites (N-methyl/N-ethyl adjacent to an activating group) is 2. The van der Waals surface area contributed by atoms with Crippen molar-refractivity contribution in [2.75, 3.05) is 32.1 Å². The SMILES string of the molecule is CCN(CC)c1ccc(C=C2C(=O)N(C)C(=O)N(C)C2=O)c(OC(C)C)c1. The standard InChI is InChI=1S/C20H27N3O4/c1-7-23(8-2)15-10-9-14(17(12-15)27-13(3)4)11-16-18(24)21(5)20(26)22(6)19(16)25/h9-13H,7-8H2,1-6H3. The first-order valence-corrected chi connectivity index (χ1v) is 9.08. The second-order valence-corrected chi connectivity index (χ2v) is 6.63. The molecule has 0 bridgehead atoms. The number of imide groups is 2. The number of carbonyl (C=O) groups excluding carboxylic acids is 3. The van der Waals surface area contributed by atoms with E-state index in [9.17, 15) is 14.4 Å². The third-order valence-electron chi connectivity index (χ3n) is 4.43. The van der Waals surface area contributed by atoms with Crippen molar-refractivity contribution in [1.29, 1.82) is 0 Å². The molecule has 2 rings (SSSR count). The predicted octanol–water partition coefficient (Wildman–Crippen LogP) is 2.75. The highest BCUT2D eigenvalue weighted by molar-refractivity contribution is 6.30. The molecule has 1 aliphatic heterocycles. The van der Waals surface area contributed by atoms with E-state index in [4.69, 9.17) is 4.74 Å². The van der Waals surface area contributed by atoms with Crippen molar-refractivity contribution < 1.29 is 19.1 Å². The Morgan fingerprint density at radius 1 is 1.04 bits per heavy atom. The van der Waals surface area contributed by atoms with Crippen LogP contribution in [0.5, 0.6) is 5.75 Å². The third-order valence-corrected chi connectivity index (χ3v) is 4.43. The molecule has 0 N–H and O–H groups in total. The van der Waals surface area contributed by atoms with Gasteiger partial charge in [0.1, 0.15) is 11.3 Å². The molecule has 1 aromatic carbocycles. The highest BCUT2D eigenvalue weighted by Crippen LogP contribution is 2.30. The van der Waals surface area contributed by atoms with E-state index in [0.29, 0.717) is 11.3 Å². The molecule has 0 atom stereocenters. The van der Waals surface area contributed by atoms with E-state index in [1.165, 1.54) is 20.2 Å². The number of rotatable bonds is 6. The summed E-state index contributed by atoms with van der Waals surface area (Å²) >= 11 is 0. The van der Waals surface area contributed by atoms with Gasteiger partial charge in [0.15, 0.2) is 0 Å². The number of benzene rings is 1. The van der Waals surface area contributed by atoms with Gasteiger partial charge in [-0.3, -0.25) is 19.4 Å². The zero-order valence-corrected chi connectivity index (χ0v) is 16.8. The fraction of sp³-hybridized carbons (Fsp3) is 0.450. The summed E-state index contributed by atoms with van der Waals surface area (Å²) in [5.41, 5.74) is 1.56. The number of anilines is 1. The lowest BCUT2D eigenvalue weighted by Crippen LogP contribution is -2.52. The molecule has 0 spiro atoms. The molecular formula is C20H27N3O4. The molecule has 0 radical (unpaired) electrons. The smallest absolute Gasteiger partial charge is 0.333 e. The third kappa shape index (κ3) is 4.13. The molecule has 1 fully saturated rings. The van der Waals surface area contributed by atoms with Crippen LogP contribution in [0.4, 0.5) is 10.5 Å². The van der Waals surface area contributed by atoms with Gasteiger partial charge in [0.25, 0.3) is 11.8 Å². The highest BCUT2D eigenvalue weighted by atomic mass is 16.5. The Bertz CT molecular complexity index is 755. The lowest BCUT2D eigenvalue weighted by Gasteiger charge is -2.29. The predicted molar refractivity (Wildman–Crippen MR) is 105 cm³/mol. The maximum Gasteiger partial charge on any atom is 0.333 e. The highest BCUT2D eigenvalue weighted by Gasteiger charge is 2.37. The van der Waals surface area contributed by atoms with Crippen LogP contribution in [0.1, 0.15) is 33.3 Å². The van der Waals surface area contributed by atoms with Crippen LogP contribution in [0.25, 0.3) is 6.08 Å². The minimum absolute atomic E-state index is 0.0659. The Hall–Kier alpha value is -2.83. The molecule has 27 heavy (non-hydrogen) atoms. The molecule has 0 aliphatic carbocycles. The lowest BCUT2D eigenvalue weighted by atomic mass is 10.1. The summed E-state index contributed by atoms with van der Waals surface area (Å²) in [7, 11) is 2.72. The van der Waals surface area contributed by atoms with E-state index in [1.54, 1.807) is 0 Å². The summed E-state index contributed by atoms with van der Waals surface area (Å²) < 4.78 is 5.92. The number of barbiturate groups is 1. The van der Waals surface area contributed by atoms with Crippen molar-refractivity contribution >= 4 is 29.6 Å². The van der Waals surface area contributed by atoms with E-state index in [2.05, 4.69) is 18.7 Å². The van der Waals surface area contributed by atoms with Gasteiger partial charge in [-0.2, -0.15) is 0 Å². The van der Waals surface area contributed by atoms with E-state index in [-0.39, 0.29) is 11.7 Å². The van der Waals surface area contributed by atoms with Crippen molar-refractivity contribution in [2.24, 2.45) is 0 Å². The van der Waals surface area contributed by atoms with E-state index in [0.717, 1.165) is 28.6 Å². The fourth-order valence-electron chi connectivity index (χ4n) is 2.91. The number of ether oxygens (including phenoxy) is 1. The molecule has 0 saturated carbocycles. The van der Waals surface area contributed by atoms with Crippen LogP contribution in [0.2, 0.25) is 0 Å². The fourth-order valence-corrected chi connectivity index (χ4v) is 2.91. The van der Waals surface area contributed by atoms with Gasteiger partial charge in [0.05, 0.1) is 6.10 Å². The molecule has 4 amide bonds. The maximum atomic E-state index is 12.4. The van der Waals surface area contributed by atoms with E-state index < -0.39 is 17.8 Å². The molecule has 7 heteroatoms. The zero-order valence-electron chi connectivity index (χ0n) is 16.8. The summed E-state index contributed by atoms with van der Waals surface area (Å²) in [4.78, 5) is 40.8. The van der Waals surface area contributed by atoms with Gasteiger partial charge in [-0.25, -0.2) is 4.79 Å². The van der Waals surface area contributed by atoms with Crippen LogP contribution in [0, 0.1) is 0 Å². The molecule has 0 aromatic heterocycles. The van der Waals surface area contributed by atoms with Gasteiger partial charge in [-0.1, -0.05) is 0 Å². The molecular weight excluding hydrogens is 346 g/mol. The van der Waals surface area contributed by atoms with E-state index in [1.807, 2.05) is 32.0 Å². The van der Waals surface area contributed by atoms with Gasteiger partial charge < -0.3 is 9.64 Å². The Kier molecular flexibility index (Phi) is 6.25. The second kappa shape index (κ2) is 8.24. The number of hydrogen-bond acceptors (Lipinski definition) is 5. The largest absolute Gasteiger partial charge is 0.490 e. The van der Waals surface area contributed by atoms with Crippen molar-refractivity contribution in [3.8, 4) is 5.75 Å². The van der Waals surface area contributed by atoms with Gasteiger partial charge in [-0.15, -0.1) is 0 Å². The second-order valence-electron chi connectivity index (χ2n) is 6.63. The normalized spacial score (nSPS) is 14.9. The first-order valence-electron chi connectivity index (χ1n) is 9.08. The lowest BCUT2D eigenvalue weighted by molar-refractivity contribution is -0.134. The quantitative estimate of drug-likeness (QED) is 0.566. The van der Waals surface area contributed by atoms with Crippen LogP contribution in [0.3, 0.4) is 0 Å². The number of amides is 4. The summed E-state index contributed by atoms with van der Waals surface area (Å²) in [6, 6.07) is 5.03. The van der Waals surface area contributed by atoms with Crippen LogP contribution < -0.4 is 9.64 Å². The Balaban J connectivity index is 2.53. The summed E-state index contributed by atoms with van der Waals surface area (Å²) in [6.07, 6.45) is 1.42. The van der Waals surface area contributed by atoms with Crippen molar-refractivity contribution in [3.05, 3.63) is 29.3 Å². The van der Waals surface area contributed by atoms with Crippen LogP contribution >= 0.6 is 0 Å². The molecule has 146 valence electrons. The molecule has 1 saturated heterocycles. The summed E-state index contributed by atoms with van der Waals surface area (Å²) in [5, 5.41) is 0. The van der Waals surface area contributed by atoms with Gasteiger partial charge >= 0.3 is 6.03 Å². The minimum atomic E-state index is -0.641. The van der Waals surface area contributed by atoms with Crippen molar-refractivity contribution in [3.63, 3.8) is 0 Å². The Morgan fingerprint density at radius 3 is 2.07 bits per heavy atom. The summed E-state index contributed by atoms with van der Waals surface area (Å²) in [5.74, 6) is -0.650. The average molecular weight is 373 g/mol.